The van der Waals surface area contributed by atoms with Crippen molar-refractivity contribution in [3.8, 4) is 0 Å². The molecule has 0 bridgehead atoms. The molecule has 0 spiro atoms. The zero-order valence-corrected chi connectivity index (χ0v) is 18.0. The van der Waals surface area contributed by atoms with Crippen molar-refractivity contribution in [2.24, 2.45) is 0 Å². The second-order valence-corrected chi connectivity index (χ2v) is 7.71. The fourth-order valence-corrected chi connectivity index (χ4v) is 3.51. The molecular weight excluding hydrogens is 415 g/mol. The van der Waals surface area contributed by atoms with Crippen molar-refractivity contribution in [3.63, 3.8) is 0 Å². The first-order valence-corrected chi connectivity index (χ1v) is 10.4. The highest BCUT2D eigenvalue weighted by Gasteiger charge is 2.29. The summed E-state index contributed by atoms with van der Waals surface area (Å²) in [5.41, 5.74) is 2.49. The highest BCUT2D eigenvalue weighted by Crippen LogP contribution is 2.18. The van der Waals surface area contributed by atoms with Crippen LogP contribution in [0, 0.1) is 5.82 Å². The number of rotatable bonds is 8. The molecule has 0 saturated heterocycles. The summed E-state index contributed by atoms with van der Waals surface area (Å²) in [6.45, 7) is 0.252. The molecule has 160 valence electrons. The normalized spacial score (nSPS) is 11.6. The Balaban J connectivity index is 1.92. The third-order valence-electron chi connectivity index (χ3n) is 5.05. The van der Waals surface area contributed by atoms with E-state index >= 15 is 0 Å². The lowest BCUT2D eigenvalue weighted by Gasteiger charge is -2.31. The van der Waals surface area contributed by atoms with Crippen LogP contribution < -0.4 is 5.32 Å². The van der Waals surface area contributed by atoms with Gasteiger partial charge in [0.1, 0.15) is 11.9 Å². The monoisotopic (exact) mass is 438 g/mol. The van der Waals surface area contributed by atoms with Crippen LogP contribution in [-0.2, 0) is 29.0 Å². The number of likely N-dealkylation sites (N-methyl/N-ethyl adjacent to an activating group) is 1. The van der Waals surface area contributed by atoms with Gasteiger partial charge in [0.05, 0.1) is 6.42 Å². The van der Waals surface area contributed by atoms with Crippen molar-refractivity contribution >= 4 is 23.4 Å². The first-order valence-electron chi connectivity index (χ1n) is 10.00. The summed E-state index contributed by atoms with van der Waals surface area (Å²) in [6.07, 6.45) is 0.444. The van der Waals surface area contributed by atoms with Gasteiger partial charge in [0.25, 0.3) is 0 Å². The number of amides is 2. The van der Waals surface area contributed by atoms with Crippen molar-refractivity contribution in [2.45, 2.75) is 25.4 Å². The fraction of sp³-hybridized carbons (Fsp3) is 0.200. The van der Waals surface area contributed by atoms with E-state index in [1.807, 2.05) is 42.5 Å². The molecular formula is C25H24ClFN2O2. The number of nitrogens with zero attached hydrogens (tertiary/aromatic N) is 1. The molecule has 31 heavy (non-hydrogen) atoms. The minimum atomic E-state index is -0.698. The number of halogens is 2. The molecule has 2 amide bonds. The van der Waals surface area contributed by atoms with Crippen LogP contribution in [0.3, 0.4) is 0 Å². The SMILES string of the molecule is CNC(=O)[C@@H](Cc1ccccc1)N(Cc1ccc(Cl)cc1)C(=O)Cc1ccc(F)cc1. The van der Waals surface area contributed by atoms with E-state index in [1.54, 1.807) is 36.2 Å². The van der Waals surface area contributed by atoms with Gasteiger partial charge in [-0.25, -0.2) is 4.39 Å². The zero-order valence-electron chi connectivity index (χ0n) is 17.2. The second kappa shape index (κ2) is 10.7. The molecule has 0 radical (unpaired) electrons. The number of benzene rings is 3. The molecule has 3 rings (SSSR count). The first-order chi connectivity index (χ1) is 15.0. The van der Waals surface area contributed by atoms with Crippen LogP contribution in [-0.4, -0.2) is 29.8 Å². The van der Waals surface area contributed by atoms with Crippen LogP contribution in [0.5, 0.6) is 0 Å². The molecule has 0 aliphatic heterocycles. The molecule has 1 N–H and O–H groups in total. The predicted molar refractivity (Wildman–Crippen MR) is 120 cm³/mol. The standard InChI is InChI=1S/C25H24ClFN2O2/c1-28-25(31)23(15-18-5-3-2-4-6-18)29(17-20-7-11-21(26)12-8-20)24(30)16-19-9-13-22(27)14-10-19/h2-14,23H,15-17H2,1H3,(H,28,31)/t23-/m1/s1. The molecule has 3 aromatic rings. The lowest BCUT2D eigenvalue weighted by molar-refractivity contribution is -0.140. The molecule has 0 aromatic heterocycles. The van der Waals surface area contributed by atoms with E-state index in [2.05, 4.69) is 5.32 Å². The van der Waals surface area contributed by atoms with Crippen LogP contribution in [0.25, 0.3) is 0 Å². The Bertz CT molecular complexity index is 1010. The van der Waals surface area contributed by atoms with E-state index < -0.39 is 6.04 Å². The second-order valence-electron chi connectivity index (χ2n) is 7.27. The van der Waals surface area contributed by atoms with Gasteiger partial charge < -0.3 is 10.2 Å². The average molecular weight is 439 g/mol. The maximum Gasteiger partial charge on any atom is 0.242 e. The molecule has 0 heterocycles. The molecule has 0 unspecified atom stereocenters. The molecule has 1 atom stereocenters. The summed E-state index contributed by atoms with van der Waals surface area (Å²) < 4.78 is 13.3. The molecule has 0 aliphatic rings. The van der Waals surface area contributed by atoms with Crippen LogP contribution >= 0.6 is 11.6 Å². The topological polar surface area (TPSA) is 49.4 Å². The summed E-state index contributed by atoms with van der Waals surface area (Å²) in [5, 5.41) is 3.28. The highest BCUT2D eigenvalue weighted by molar-refractivity contribution is 6.30. The van der Waals surface area contributed by atoms with Crippen molar-refractivity contribution in [2.75, 3.05) is 7.05 Å². The summed E-state index contributed by atoms with van der Waals surface area (Å²) >= 11 is 6.00. The number of hydrogen-bond donors (Lipinski definition) is 1. The van der Waals surface area contributed by atoms with Crippen LogP contribution in [0.2, 0.25) is 5.02 Å². The van der Waals surface area contributed by atoms with Gasteiger partial charge in [-0.1, -0.05) is 66.2 Å². The quantitative estimate of drug-likeness (QED) is 0.566. The minimum absolute atomic E-state index is 0.0656. The van der Waals surface area contributed by atoms with E-state index in [0.717, 1.165) is 11.1 Å². The largest absolute Gasteiger partial charge is 0.357 e. The van der Waals surface area contributed by atoms with Crippen LogP contribution in [0.1, 0.15) is 16.7 Å². The third kappa shape index (κ3) is 6.40. The molecule has 4 nitrogen and oxygen atoms in total. The first kappa shape index (κ1) is 22.5. The maximum absolute atomic E-state index is 13.3. The van der Waals surface area contributed by atoms with Gasteiger partial charge in [0.15, 0.2) is 0 Å². The predicted octanol–water partition coefficient (Wildman–Crippen LogP) is 4.41. The summed E-state index contributed by atoms with van der Waals surface area (Å²) in [4.78, 5) is 27.8. The number of carbonyl (C=O) groups is 2. The van der Waals surface area contributed by atoms with Gasteiger partial charge in [-0.2, -0.15) is 0 Å². The Labute approximate surface area is 186 Å². The molecule has 0 aliphatic carbocycles. The van der Waals surface area contributed by atoms with Gasteiger partial charge in [-0.3, -0.25) is 9.59 Å². The van der Waals surface area contributed by atoms with E-state index in [4.69, 9.17) is 11.6 Å². The minimum Gasteiger partial charge on any atom is -0.357 e. The van der Waals surface area contributed by atoms with Crippen molar-refractivity contribution in [1.82, 2.24) is 10.2 Å². The van der Waals surface area contributed by atoms with Crippen molar-refractivity contribution in [1.29, 1.82) is 0 Å². The smallest absolute Gasteiger partial charge is 0.242 e. The zero-order chi connectivity index (χ0) is 22.2. The Morgan fingerprint density at radius 1 is 0.903 bits per heavy atom. The number of nitrogens with one attached hydrogen (secondary N) is 1. The lowest BCUT2D eigenvalue weighted by atomic mass is 10.0. The van der Waals surface area contributed by atoms with E-state index in [9.17, 15) is 14.0 Å². The highest BCUT2D eigenvalue weighted by atomic mass is 35.5. The summed E-state index contributed by atoms with van der Waals surface area (Å²) in [6, 6.07) is 21.9. The fourth-order valence-electron chi connectivity index (χ4n) is 3.39. The average Bonchev–Trinajstić information content (AvgIpc) is 2.79. The van der Waals surface area contributed by atoms with E-state index in [-0.39, 0.29) is 30.6 Å². The van der Waals surface area contributed by atoms with E-state index in [0.29, 0.717) is 17.0 Å². The maximum atomic E-state index is 13.3. The summed E-state index contributed by atoms with van der Waals surface area (Å²) in [5.74, 6) is -0.821. The van der Waals surface area contributed by atoms with Gasteiger partial charge in [0.2, 0.25) is 11.8 Å². The molecule has 0 fully saturated rings. The van der Waals surface area contributed by atoms with Crippen molar-refractivity contribution in [3.05, 3.63) is 106 Å². The van der Waals surface area contributed by atoms with Gasteiger partial charge in [-0.15, -0.1) is 0 Å². The Morgan fingerprint density at radius 2 is 1.52 bits per heavy atom. The molecule has 0 saturated carbocycles. The number of hydrogen-bond acceptors (Lipinski definition) is 2. The van der Waals surface area contributed by atoms with Gasteiger partial charge >= 0.3 is 0 Å². The number of carbonyl (C=O) groups excluding carboxylic acids is 2. The summed E-state index contributed by atoms with van der Waals surface area (Å²) in [7, 11) is 1.56. The van der Waals surface area contributed by atoms with Crippen molar-refractivity contribution < 1.29 is 14.0 Å². The van der Waals surface area contributed by atoms with E-state index in [1.165, 1.54) is 12.1 Å². The molecule has 6 heteroatoms. The van der Waals surface area contributed by atoms with Crippen LogP contribution in [0.4, 0.5) is 4.39 Å². The Hall–Kier alpha value is -3.18. The lowest BCUT2D eigenvalue weighted by Crippen LogP contribution is -2.50. The van der Waals surface area contributed by atoms with Crippen LogP contribution in [0.15, 0.2) is 78.9 Å². The van der Waals surface area contributed by atoms with Gasteiger partial charge in [-0.05, 0) is 41.0 Å². The third-order valence-corrected chi connectivity index (χ3v) is 5.30. The van der Waals surface area contributed by atoms with Gasteiger partial charge in [0, 0.05) is 25.0 Å². The molecule has 3 aromatic carbocycles. The Kier molecular flexibility index (Phi) is 7.79. The Morgan fingerprint density at radius 3 is 2.13 bits per heavy atom.